The van der Waals surface area contributed by atoms with Crippen LogP contribution in [0.25, 0.3) is 12.2 Å². The Bertz CT molecular complexity index is 702. The van der Waals surface area contributed by atoms with Crippen molar-refractivity contribution in [3.63, 3.8) is 0 Å². The maximum Gasteiger partial charge on any atom is 0.407 e. The summed E-state index contributed by atoms with van der Waals surface area (Å²) >= 11 is 2.19. The Kier molecular flexibility index (Phi) is 6.36. The number of ether oxygens (including phenoxy) is 1. The Hall–Kier alpha value is -1.89. The summed E-state index contributed by atoms with van der Waals surface area (Å²) in [4.78, 5) is 15.9. The van der Waals surface area contributed by atoms with Crippen molar-refractivity contribution < 1.29 is 9.53 Å². The van der Waals surface area contributed by atoms with Gasteiger partial charge in [0.15, 0.2) is 0 Å². The first-order valence-corrected chi connectivity index (χ1v) is 8.75. The standard InChI is InChI=1S/C19H21IN2O2/c1-19(2,3)24-18(23)22-13-15-7-4-14(5-8-15)6-9-16-10-11-17(20)21-12-16/h4-12H,13H2,1-3H3,(H,22,23)/b9-6+. The van der Waals surface area contributed by atoms with Crippen LogP contribution in [0, 0.1) is 3.70 Å². The molecule has 2 aromatic rings. The predicted molar refractivity (Wildman–Crippen MR) is 105 cm³/mol. The normalized spacial score (nSPS) is 11.5. The zero-order chi connectivity index (χ0) is 17.6. The van der Waals surface area contributed by atoms with E-state index in [1.54, 1.807) is 0 Å². The van der Waals surface area contributed by atoms with Crippen LogP contribution in [0.3, 0.4) is 0 Å². The molecule has 0 atom stereocenters. The number of nitrogens with zero attached hydrogens (tertiary/aromatic N) is 1. The molecule has 0 saturated heterocycles. The molecule has 2 rings (SSSR count). The van der Waals surface area contributed by atoms with Gasteiger partial charge in [0, 0.05) is 12.7 Å². The van der Waals surface area contributed by atoms with Gasteiger partial charge in [-0.15, -0.1) is 0 Å². The molecule has 4 nitrogen and oxygen atoms in total. The monoisotopic (exact) mass is 436 g/mol. The quantitative estimate of drug-likeness (QED) is 0.549. The molecule has 0 spiro atoms. The Morgan fingerprint density at radius 2 is 1.75 bits per heavy atom. The molecule has 1 aromatic carbocycles. The summed E-state index contributed by atoms with van der Waals surface area (Å²) in [6.45, 7) is 5.98. The van der Waals surface area contributed by atoms with Crippen LogP contribution < -0.4 is 5.32 Å². The molecule has 0 aliphatic rings. The fourth-order valence-electron chi connectivity index (χ4n) is 1.91. The summed E-state index contributed by atoms with van der Waals surface area (Å²) in [5.41, 5.74) is 2.69. The SMILES string of the molecule is CC(C)(C)OC(=O)NCc1ccc(/C=C/c2ccc(I)nc2)cc1. The lowest BCUT2D eigenvalue weighted by molar-refractivity contribution is 0.0523. The average molecular weight is 436 g/mol. The molecule has 0 aliphatic carbocycles. The molecule has 1 N–H and O–H groups in total. The number of halogens is 1. The molecule has 0 unspecified atom stereocenters. The minimum atomic E-state index is -0.483. The third-order valence-corrected chi connectivity index (χ3v) is 3.67. The second kappa shape index (κ2) is 8.28. The molecular weight excluding hydrogens is 415 g/mol. The summed E-state index contributed by atoms with van der Waals surface area (Å²) < 4.78 is 6.19. The lowest BCUT2D eigenvalue weighted by Crippen LogP contribution is -2.32. The molecule has 126 valence electrons. The highest BCUT2D eigenvalue weighted by atomic mass is 127. The van der Waals surface area contributed by atoms with Crippen LogP contribution in [-0.4, -0.2) is 16.7 Å². The maximum atomic E-state index is 11.6. The number of hydrogen-bond acceptors (Lipinski definition) is 3. The number of rotatable bonds is 4. The molecule has 5 heteroatoms. The van der Waals surface area contributed by atoms with E-state index in [0.29, 0.717) is 6.54 Å². The Labute approximate surface area is 156 Å². The highest BCUT2D eigenvalue weighted by Crippen LogP contribution is 2.11. The first kappa shape index (κ1) is 18.4. The third-order valence-electron chi connectivity index (χ3n) is 3.03. The summed E-state index contributed by atoms with van der Waals surface area (Å²) in [7, 11) is 0. The second-order valence-corrected chi connectivity index (χ2v) is 7.45. The Balaban J connectivity index is 1.88. The van der Waals surface area contributed by atoms with Crippen molar-refractivity contribution >= 4 is 40.8 Å². The molecular formula is C19H21IN2O2. The smallest absolute Gasteiger partial charge is 0.407 e. The first-order chi connectivity index (χ1) is 11.3. The van der Waals surface area contributed by atoms with Crippen molar-refractivity contribution in [1.82, 2.24) is 10.3 Å². The van der Waals surface area contributed by atoms with Gasteiger partial charge >= 0.3 is 6.09 Å². The lowest BCUT2D eigenvalue weighted by atomic mass is 10.1. The molecule has 1 aromatic heterocycles. The highest BCUT2D eigenvalue weighted by molar-refractivity contribution is 14.1. The molecule has 0 aliphatic heterocycles. The van der Waals surface area contributed by atoms with Gasteiger partial charge in [0.1, 0.15) is 9.30 Å². The number of carbonyl (C=O) groups excluding carboxylic acids is 1. The number of pyridine rings is 1. The van der Waals surface area contributed by atoms with Crippen LogP contribution in [0.15, 0.2) is 42.6 Å². The molecule has 0 saturated carbocycles. The van der Waals surface area contributed by atoms with Crippen molar-refractivity contribution in [2.75, 3.05) is 0 Å². The van der Waals surface area contributed by atoms with Gasteiger partial charge in [-0.1, -0.05) is 42.5 Å². The van der Waals surface area contributed by atoms with Crippen molar-refractivity contribution in [3.8, 4) is 0 Å². The van der Waals surface area contributed by atoms with Crippen molar-refractivity contribution in [3.05, 3.63) is 63.0 Å². The zero-order valence-corrected chi connectivity index (χ0v) is 16.2. The van der Waals surface area contributed by atoms with E-state index in [9.17, 15) is 4.79 Å². The average Bonchev–Trinajstić information content (AvgIpc) is 2.52. The number of benzene rings is 1. The van der Waals surface area contributed by atoms with E-state index in [0.717, 1.165) is 20.4 Å². The van der Waals surface area contributed by atoms with Crippen LogP contribution in [-0.2, 0) is 11.3 Å². The van der Waals surface area contributed by atoms with E-state index in [2.05, 4.69) is 32.9 Å². The fraction of sp³-hybridized carbons (Fsp3) is 0.263. The molecule has 24 heavy (non-hydrogen) atoms. The van der Waals surface area contributed by atoms with Gasteiger partial charge in [0.05, 0.1) is 0 Å². The van der Waals surface area contributed by atoms with E-state index in [1.807, 2.05) is 75.5 Å². The van der Waals surface area contributed by atoms with Gasteiger partial charge in [-0.3, -0.25) is 0 Å². The van der Waals surface area contributed by atoms with Crippen LogP contribution in [0.5, 0.6) is 0 Å². The number of nitrogens with one attached hydrogen (secondary N) is 1. The fourth-order valence-corrected chi connectivity index (χ4v) is 2.23. The zero-order valence-electron chi connectivity index (χ0n) is 14.0. The first-order valence-electron chi connectivity index (χ1n) is 7.67. The molecule has 0 radical (unpaired) electrons. The van der Waals surface area contributed by atoms with Crippen LogP contribution in [0.2, 0.25) is 0 Å². The minimum Gasteiger partial charge on any atom is -0.444 e. The maximum absolute atomic E-state index is 11.6. The van der Waals surface area contributed by atoms with Gasteiger partial charge in [0.2, 0.25) is 0 Å². The lowest BCUT2D eigenvalue weighted by Gasteiger charge is -2.19. The van der Waals surface area contributed by atoms with Crippen LogP contribution in [0.1, 0.15) is 37.5 Å². The number of hydrogen-bond donors (Lipinski definition) is 1. The van der Waals surface area contributed by atoms with E-state index in [-0.39, 0.29) is 0 Å². The topological polar surface area (TPSA) is 51.2 Å². The van der Waals surface area contributed by atoms with Crippen LogP contribution in [0.4, 0.5) is 4.79 Å². The van der Waals surface area contributed by atoms with Crippen molar-refractivity contribution in [1.29, 1.82) is 0 Å². The summed E-state index contributed by atoms with van der Waals surface area (Å²) in [6.07, 6.45) is 5.50. The number of carbonyl (C=O) groups is 1. The number of amides is 1. The number of aromatic nitrogens is 1. The summed E-state index contributed by atoms with van der Waals surface area (Å²) in [5.74, 6) is 0. The number of alkyl carbamates (subject to hydrolysis) is 1. The minimum absolute atomic E-state index is 0.405. The van der Waals surface area contributed by atoms with E-state index >= 15 is 0 Å². The largest absolute Gasteiger partial charge is 0.444 e. The molecule has 1 amide bonds. The Morgan fingerprint density at radius 3 is 2.33 bits per heavy atom. The van der Waals surface area contributed by atoms with Crippen molar-refractivity contribution in [2.24, 2.45) is 0 Å². The highest BCUT2D eigenvalue weighted by Gasteiger charge is 2.15. The van der Waals surface area contributed by atoms with Gasteiger partial charge in [0.25, 0.3) is 0 Å². The van der Waals surface area contributed by atoms with E-state index in [4.69, 9.17) is 4.74 Å². The summed E-state index contributed by atoms with van der Waals surface area (Å²) in [6, 6.07) is 12.0. The second-order valence-electron chi connectivity index (χ2n) is 6.34. The van der Waals surface area contributed by atoms with Gasteiger partial charge in [-0.2, -0.15) is 0 Å². The van der Waals surface area contributed by atoms with Crippen molar-refractivity contribution in [2.45, 2.75) is 32.9 Å². The van der Waals surface area contributed by atoms with Gasteiger partial charge in [-0.25, -0.2) is 9.78 Å². The molecule has 0 fully saturated rings. The van der Waals surface area contributed by atoms with Crippen LogP contribution >= 0.6 is 22.6 Å². The predicted octanol–water partition coefficient (Wildman–Crippen LogP) is 4.88. The molecule has 1 heterocycles. The van der Waals surface area contributed by atoms with E-state index in [1.165, 1.54) is 0 Å². The third kappa shape index (κ3) is 6.70. The Morgan fingerprint density at radius 1 is 1.12 bits per heavy atom. The molecule has 0 bridgehead atoms. The summed E-state index contributed by atoms with van der Waals surface area (Å²) in [5, 5.41) is 2.75. The van der Waals surface area contributed by atoms with E-state index < -0.39 is 11.7 Å². The van der Waals surface area contributed by atoms with Gasteiger partial charge in [-0.05, 0) is 66.1 Å². The van der Waals surface area contributed by atoms with Gasteiger partial charge < -0.3 is 10.1 Å².